The highest BCUT2D eigenvalue weighted by atomic mass is 35.5. The van der Waals surface area contributed by atoms with Gasteiger partial charge >= 0.3 is 0 Å². The van der Waals surface area contributed by atoms with Crippen LogP contribution in [-0.2, 0) is 16.6 Å². The van der Waals surface area contributed by atoms with Crippen molar-refractivity contribution in [3.05, 3.63) is 53.1 Å². The van der Waals surface area contributed by atoms with E-state index < -0.39 is 10.0 Å². The Morgan fingerprint density at radius 1 is 1.15 bits per heavy atom. The first-order valence-corrected chi connectivity index (χ1v) is 7.56. The standard InChI is InChI=1S/C13H13ClN2O3S/c14-12-6-3-10(15)7-13(12)20(18,19)16-11-4-1-9(8-17)2-5-11/h1-7,16-17H,8,15H2. The summed E-state index contributed by atoms with van der Waals surface area (Å²) in [6.45, 7) is -0.103. The van der Waals surface area contributed by atoms with Crippen molar-refractivity contribution in [2.45, 2.75) is 11.5 Å². The molecule has 2 rings (SSSR count). The van der Waals surface area contributed by atoms with Crippen molar-refractivity contribution >= 4 is 33.0 Å². The van der Waals surface area contributed by atoms with Crippen LogP contribution in [0.4, 0.5) is 11.4 Å². The van der Waals surface area contributed by atoms with Crippen LogP contribution >= 0.6 is 11.6 Å². The Morgan fingerprint density at radius 2 is 1.80 bits per heavy atom. The molecular formula is C13H13ClN2O3S. The number of nitrogen functional groups attached to an aromatic ring is 1. The first kappa shape index (κ1) is 14.6. The number of anilines is 2. The van der Waals surface area contributed by atoms with Gasteiger partial charge in [0.05, 0.1) is 11.6 Å². The van der Waals surface area contributed by atoms with Gasteiger partial charge in [-0.25, -0.2) is 8.42 Å². The first-order chi connectivity index (χ1) is 9.42. The molecule has 4 N–H and O–H groups in total. The smallest absolute Gasteiger partial charge is 0.263 e. The fourth-order valence-corrected chi connectivity index (χ4v) is 3.21. The monoisotopic (exact) mass is 312 g/mol. The minimum absolute atomic E-state index is 0.0783. The first-order valence-electron chi connectivity index (χ1n) is 5.70. The second-order valence-corrected chi connectivity index (χ2v) is 6.21. The van der Waals surface area contributed by atoms with Gasteiger partial charge in [0.15, 0.2) is 0 Å². The number of halogens is 1. The highest BCUT2D eigenvalue weighted by molar-refractivity contribution is 7.92. The van der Waals surface area contributed by atoms with E-state index in [1.165, 1.54) is 18.2 Å². The van der Waals surface area contributed by atoms with Crippen molar-refractivity contribution in [2.24, 2.45) is 0 Å². The SMILES string of the molecule is Nc1ccc(Cl)c(S(=O)(=O)Nc2ccc(CO)cc2)c1. The number of nitrogens with two attached hydrogens (primary N) is 1. The van der Waals surface area contributed by atoms with E-state index in [2.05, 4.69) is 4.72 Å². The van der Waals surface area contributed by atoms with Gasteiger partial charge in [0, 0.05) is 11.4 Å². The van der Waals surface area contributed by atoms with Crippen LogP contribution in [0.25, 0.3) is 0 Å². The number of hydrogen-bond acceptors (Lipinski definition) is 4. The Labute approximate surface area is 122 Å². The van der Waals surface area contributed by atoms with Crippen LogP contribution in [0.5, 0.6) is 0 Å². The van der Waals surface area contributed by atoms with Crippen LogP contribution in [0.3, 0.4) is 0 Å². The number of sulfonamides is 1. The summed E-state index contributed by atoms with van der Waals surface area (Å²) in [7, 11) is -3.81. The predicted molar refractivity (Wildman–Crippen MR) is 79.0 cm³/mol. The Kier molecular flexibility index (Phi) is 4.17. The van der Waals surface area contributed by atoms with Gasteiger partial charge in [0.25, 0.3) is 10.0 Å². The molecule has 7 heteroatoms. The maximum Gasteiger partial charge on any atom is 0.263 e. The molecule has 20 heavy (non-hydrogen) atoms. The lowest BCUT2D eigenvalue weighted by atomic mass is 10.2. The van der Waals surface area contributed by atoms with Gasteiger partial charge in [0.2, 0.25) is 0 Å². The zero-order chi connectivity index (χ0) is 14.8. The third-order valence-corrected chi connectivity index (χ3v) is 4.50. The minimum atomic E-state index is -3.81. The molecule has 0 radical (unpaired) electrons. The number of hydrogen-bond donors (Lipinski definition) is 3. The molecule has 0 heterocycles. The normalized spacial score (nSPS) is 11.3. The highest BCUT2D eigenvalue weighted by Gasteiger charge is 2.18. The van der Waals surface area contributed by atoms with Gasteiger partial charge in [-0.15, -0.1) is 0 Å². The predicted octanol–water partition coefficient (Wildman–Crippen LogP) is 2.22. The molecule has 0 spiro atoms. The molecule has 5 nitrogen and oxygen atoms in total. The third-order valence-electron chi connectivity index (χ3n) is 2.63. The van der Waals surface area contributed by atoms with Crippen LogP contribution in [0.15, 0.2) is 47.4 Å². The van der Waals surface area contributed by atoms with Crippen molar-refractivity contribution in [2.75, 3.05) is 10.5 Å². The zero-order valence-corrected chi connectivity index (χ0v) is 11.9. The molecule has 0 aliphatic heterocycles. The van der Waals surface area contributed by atoms with Gasteiger partial charge in [-0.2, -0.15) is 0 Å². The zero-order valence-electron chi connectivity index (χ0n) is 10.4. The summed E-state index contributed by atoms with van der Waals surface area (Å²) in [6.07, 6.45) is 0. The molecule has 0 atom stereocenters. The van der Waals surface area contributed by atoms with Crippen molar-refractivity contribution in [3.8, 4) is 0 Å². The topological polar surface area (TPSA) is 92.4 Å². The molecular weight excluding hydrogens is 300 g/mol. The summed E-state index contributed by atoms with van der Waals surface area (Å²) in [6, 6.07) is 10.6. The summed E-state index contributed by atoms with van der Waals surface area (Å²) >= 11 is 5.89. The molecule has 0 bridgehead atoms. The third kappa shape index (κ3) is 3.22. The second kappa shape index (κ2) is 5.70. The molecule has 0 amide bonds. The lowest BCUT2D eigenvalue weighted by molar-refractivity contribution is 0.282. The van der Waals surface area contributed by atoms with E-state index in [1.807, 2.05) is 0 Å². The van der Waals surface area contributed by atoms with E-state index in [0.29, 0.717) is 16.9 Å². The maximum absolute atomic E-state index is 12.2. The Morgan fingerprint density at radius 3 is 2.40 bits per heavy atom. The number of aliphatic hydroxyl groups excluding tert-OH is 1. The van der Waals surface area contributed by atoms with E-state index in [1.54, 1.807) is 24.3 Å². The number of nitrogens with one attached hydrogen (secondary N) is 1. The lowest BCUT2D eigenvalue weighted by Crippen LogP contribution is -2.13. The van der Waals surface area contributed by atoms with Gasteiger partial charge in [-0.1, -0.05) is 23.7 Å². The van der Waals surface area contributed by atoms with Gasteiger partial charge in [0.1, 0.15) is 4.90 Å². The van der Waals surface area contributed by atoms with E-state index in [4.69, 9.17) is 22.4 Å². The van der Waals surface area contributed by atoms with Crippen molar-refractivity contribution in [3.63, 3.8) is 0 Å². The van der Waals surface area contributed by atoms with Crippen molar-refractivity contribution < 1.29 is 13.5 Å². The van der Waals surface area contributed by atoms with Crippen LogP contribution in [-0.4, -0.2) is 13.5 Å². The van der Waals surface area contributed by atoms with Crippen molar-refractivity contribution in [1.29, 1.82) is 0 Å². The lowest BCUT2D eigenvalue weighted by Gasteiger charge is -2.10. The average molecular weight is 313 g/mol. The van der Waals surface area contributed by atoms with E-state index in [0.717, 1.165) is 0 Å². The second-order valence-electron chi connectivity index (χ2n) is 4.15. The number of aliphatic hydroxyl groups is 1. The molecule has 0 aliphatic carbocycles. The van der Waals surface area contributed by atoms with Crippen molar-refractivity contribution in [1.82, 2.24) is 0 Å². The summed E-state index contributed by atoms with van der Waals surface area (Å²) in [5.41, 5.74) is 6.95. The Balaban J connectivity index is 2.32. The van der Waals surface area contributed by atoms with Crippen LogP contribution in [0, 0.1) is 0 Å². The summed E-state index contributed by atoms with van der Waals surface area (Å²) in [4.78, 5) is -0.0783. The molecule has 2 aromatic rings. The number of benzene rings is 2. The van der Waals surface area contributed by atoms with Crippen LogP contribution in [0.1, 0.15) is 5.56 Å². The molecule has 0 aliphatic rings. The summed E-state index contributed by atoms with van der Waals surface area (Å²) < 4.78 is 26.9. The minimum Gasteiger partial charge on any atom is -0.399 e. The van der Waals surface area contributed by atoms with Gasteiger partial charge in [-0.05, 0) is 35.9 Å². The van der Waals surface area contributed by atoms with E-state index in [9.17, 15) is 8.42 Å². The van der Waals surface area contributed by atoms with Gasteiger partial charge < -0.3 is 10.8 Å². The van der Waals surface area contributed by atoms with E-state index >= 15 is 0 Å². The summed E-state index contributed by atoms with van der Waals surface area (Å²) in [5.74, 6) is 0. The quantitative estimate of drug-likeness (QED) is 0.755. The fourth-order valence-electron chi connectivity index (χ4n) is 1.61. The van der Waals surface area contributed by atoms with E-state index in [-0.39, 0.29) is 16.5 Å². The molecule has 0 aromatic heterocycles. The molecule has 0 saturated carbocycles. The average Bonchev–Trinajstić information content (AvgIpc) is 2.42. The van der Waals surface area contributed by atoms with Crippen LogP contribution < -0.4 is 10.5 Å². The van der Waals surface area contributed by atoms with Crippen LogP contribution in [0.2, 0.25) is 5.02 Å². The van der Waals surface area contributed by atoms with Gasteiger partial charge in [-0.3, -0.25) is 4.72 Å². The Hall–Kier alpha value is -1.76. The fraction of sp³-hybridized carbons (Fsp3) is 0.0769. The largest absolute Gasteiger partial charge is 0.399 e. The molecule has 106 valence electrons. The highest BCUT2D eigenvalue weighted by Crippen LogP contribution is 2.25. The molecule has 0 fully saturated rings. The molecule has 2 aromatic carbocycles. The number of rotatable bonds is 4. The molecule has 0 saturated heterocycles. The maximum atomic E-state index is 12.2. The Bertz CT molecular complexity index is 715. The molecule has 0 unspecified atom stereocenters. The summed E-state index contributed by atoms with van der Waals surface area (Å²) in [5, 5.41) is 9.03.